The third kappa shape index (κ3) is 6.37. The van der Waals surface area contributed by atoms with Crippen LogP contribution in [0.1, 0.15) is 18.4 Å². The SMILES string of the molecule is CN=C(NCCCOC1CCOC1)NCc1ccccc1N1CCOCC1. The summed E-state index contributed by atoms with van der Waals surface area (Å²) in [5.41, 5.74) is 2.54. The first kappa shape index (κ1) is 19.9. The van der Waals surface area contributed by atoms with Crippen molar-refractivity contribution in [3.05, 3.63) is 29.8 Å². The van der Waals surface area contributed by atoms with Crippen LogP contribution in [0.3, 0.4) is 0 Å². The molecular weight excluding hydrogens is 344 g/mol. The average molecular weight is 377 g/mol. The van der Waals surface area contributed by atoms with Crippen LogP contribution in [0.15, 0.2) is 29.3 Å². The van der Waals surface area contributed by atoms with E-state index < -0.39 is 0 Å². The number of morpholine rings is 1. The van der Waals surface area contributed by atoms with Crippen LogP contribution in [0.4, 0.5) is 5.69 Å². The maximum atomic E-state index is 5.79. The number of hydrogen-bond donors (Lipinski definition) is 2. The van der Waals surface area contributed by atoms with Gasteiger partial charge in [-0.3, -0.25) is 4.99 Å². The van der Waals surface area contributed by atoms with Crippen LogP contribution < -0.4 is 15.5 Å². The molecule has 2 aliphatic rings. The van der Waals surface area contributed by atoms with E-state index in [2.05, 4.69) is 44.8 Å². The van der Waals surface area contributed by atoms with Gasteiger partial charge < -0.3 is 29.7 Å². The Labute approximate surface area is 162 Å². The van der Waals surface area contributed by atoms with Crippen LogP contribution >= 0.6 is 0 Å². The summed E-state index contributed by atoms with van der Waals surface area (Å²) in [6, 6.07) is 8.53. The first-order valence-corrected chi connectivity index (χ1v) is 9.91. The van der Waals surface area contributed by atoms with Crippen molar-refractivity contribution in [2.45, 2.75) is 25.5 Å². The van der Waals surface area contributed by atoms with Crippen LogP contribution in [0, 0.1) is 0 Å². The van der Waals surface area contributed by atoms with Crippen LogP contribution in [0.5, 0.6) is 0 Å². The molecule has 1 atom stereocenters. The number of guanidine groups is 1. The number of nitrogens with one attached hydrogen (secondary N) is 2. The van der Waals surface area contributed by atoms with Gasteiger partial charge in [-0.2, -0.15) is 0 Å². The summed E-state index contributed by atoms with van der Waals surface area (Å²) in [6.07, 6.45) is 2.24. The van der Waals surface area contributed by atoms with Crippen molar-refractivity contribution in [2.75, 3.05) is 64.6 Å². The fourth-order valence-electron chi connectivity index (χ4n) is 3.35. The monoisotopic (exact) mass is 376 g/mol. The molecule has 0 saturated carbocycles. The number of para-hydroxylation sites is 1. The van der Waals surface area contributed by atoms with Gasteiger partial charge in [-0.1, -0.05) is 18.2 Å². The summed E-state index contributed by atoms with van der Waals surface area (Å²) in [5, 5.41) is 6.78. The van der Waals surface area contributed by atoms with Gasteiger partial charge in [0.2, 0.25) is 0 Å². The summed E-state index contributed by atoms with van der Waals surface area (Å²) in [7, 11) is 1.80. The van der Waals surface area contributed by atoms with Gasteiger partial charge >= 0.3 is 0 Å². The Morgan fingerprint density at radius 3 is 2.81 bits per heavy atom. The Morgan fingerprint density at radius 2 is 2.04 bits per heavy atom. The lowest BCUT2D eigenvalue weighted by Gasteiger charge is -2.30. The molecule has 0 radical (unpaired) electrons. The third-order valence-corrected chi connectivity index (χ3v) is 4.87. The number of anilines is 1. The predicted molar refractivity (Wildman–Crippen MR) is 107 cm³/mol. The van der Waals surface area contributed by atoms with E-state index in [1.54, 1.807) is 7.05 Å². The normalized spacial score (nSPS) is 20.7. The summed E-state index contributed by atoms with van der Waals surface area (Å²) < 4.78 is 16.6. The van der Waals surface area contributed by atoms with E-state index in [0.29, 0.717) is 0 Å². The molecule has 0 aliphatic carbocycles. The van der Waals surface area contributed by atoms with Crippen molar-refractivity contribution in [2.24, 2.45) is 4.99 Å². The molecule has 1 aromatic carbocycles. The molecule has 0 bridgehead atoms. The molecule has 0 amide bonds. The maximum absolute atomic E-state index is 5.79. The molecule has 2 N–H and O–H groups in total. The average Bonchev–Trinajstić information content (AvgIpc) is 3.24. The van der Waals surface area contributed by atoms with Crippen molar-refractivity contribution in [1.82, 2.24) is 10.6 Å². The van der Waals surface area contributed by atoms with Crippen molar-refractivity contribution in [3.8, 4) is 0 Å². The lowest BCUT2D eigenvalue weighted by Crippen LogP contribution is -2.39. The Balaban J connectivity index is 1.40. The van der Waals surface area contributed by atoms with E-state index in [1.807, 2.05) is 0 Å². The molecule has 2 heterocycles. The van der Waals surface area contributed by atoms with E-state index >= 15 is 0 Å². The quantitative estimate of drug-likeness (QED) is 0.406. The van der Waals surface area contributed by atoms with E-state index in [4.69, 9.17) is 14.2 Å². The highest BCUT2D eigenvalue weighted by Gasteiger charge is 2.16. The Hall–Kier alpha value is -1.83. The summed E-state index contributed by atoms with van der Waals surface area (Å²) in [5.74, 6) is 0.816. The molecule has 7 nitrogen and oxygen atoms in total. The molecule has 1 aromatic rings. The van der Waals surface area contributed by atoms with Crippen LogP contribution in [-0.4, -0.2) is 71.8 Å². The highest BCUT2D eigenvalue weighted by atomic mass is 16.5. The first-order chi connectivity index (χ1) is 13.4. The van der Waals surface area contributed by atoms with E-state index in [9.17, 15) is 0 Å². The molecule has 7 heteroatoms. The largest absolute Gasteiger partial charge is 0.379 e. The Kier molecular flexibility index (Phi) is 8.20. The molecule has 150 valence electrons. The number of nitrogens with zero attached hydrogens (tertiary/aromatic N) is 2. The zero-order chi connectivity index (χ0) is 18.7. The summed E-state index contributed by atoms with van der Waals surface area (Å²) in [4.78, 5) is 6.71. The lowest BCUT2D eigenvalue weighted by atomic mass is 10.1. The second-order valence-electron chi connectivity index (χ2n) is 6.79. The first-order valence-electron chi connectivity index (χ1n) is 9.91. The smallest absolute Gasteiger partial charge is 0.191 e. The van der Waals surface area contributed by atoms with Crippen molar-refractivity contribution in [3.63, 3.8) is 0 Å². The highest BCUT2D eigenvalue weighted by molar-refractivity contribution is 5.79. The summed E-state index contributed by atoms with van der Waals surface area (Å²) >= 11 is 0. The second kappa shape index (κ2) is 11.1. The number of benzene rings is 1. The van der Waals surface area contributed by atoms with Gasteiger partial charge in [-0.25, -0.2) is 0 Å². The molecule has 2 saturated heterocycles. The molecule has 1 unspecified atom stereocenters. The third-order valence-electron chi connectivity index (χ3n) is 4.87. The van der Waals surface area contributed by atoms with Crippen molar-refractivity contribution in [1.29, 1.82) is 0 Å². The Bertz CT molecular complexity index is 584. The molecule has 3 rings (SSSR count). The number of hydrogen-bond acceptors (Lipinski definition) is 5. The van der Waals surface area contributed by atoms with E-state index in [-0.39, 0.29) is 6.10 Å². The van der Waals surface area contributed by atoms with Crippen LogP contribution in [0.2, 0.25) is 0 Å². The van der Waals surface area contributed by atoms with Crippen molar-refractivity contribution < 1.29 is 14.2 Å². The lowest BCUT2D eigenvalue weighted by molar-refractivity contribution is 0.0420. The fraction of sp³-hybridized carbons (Fsp3) is 0.650. The molecule has 2 fully saturated rings. The van der Waals surface area contributed by atoms with E-state index in [1.165, 1.54) is 11.3 Å². The Morgan fingerprint density at radius 1 is 1.19 bits per heavy atom. The number of aliphatic imine (C=N–C) groups is 1. The van der Waals surface area contributed by atoms with Crippen LogP contribution in [0.25, 0.3) is 0 Å². The molecule has 0 spiro atoms. The van der Waals surface area contributed by atoms with Gasteiger partial charge in [-0.05, 0) is 24.5 Å². The standard InChI is InChI=1S/C20H32N4O3/c1-21-20(22-8-4-11-27-18-7-12-26-16-18)23-15-17-5-2-3-6-19(17)24-9-13-25-14-10-24/h2-3,5-6,18H,4,7-16H2,1H3,(H2,21,22,23). The molecular formula is C20H32N4O3. The van der Waals surface area contributed by atoms with Gasteiger partial charge in [0.1, 0.15) is 0 Å². The number of ether oxygens (including phenoxy) is 3. The van der Waals surface area contributed by atoms with Gasteiger partial charge in [0, 0.05) is 52.1 Å². The molecule has 0 aromatic heterocycles. The minimum Gasteiger partial charge on any atom is -0.379 e. The highest BCUT2D eigenvalue weighted by Crippen LogP contribution is 2.21. The van der Waals surface area contributed by atoms with Gasteiger partial charge in [-0.15, -0.1) is 0 Å². The predicted octanol–water partition coefficient (Wildman–Crippen LogP) is 1.38. The fourth-order valence-corrected chi connectivity index (χ4v) is 3.35. The van der Waals surface area contributed by atoms with E-state index in [0.717, 1.165) is 78.0 Å². The minimum atomic E-state index is 0.277. The maximum Gasteiger partial charge on any atom is 0.191 e. The number of rotatable bonds is 8. The van der Waals surface area contributed by atoms with Gasteiger partial charge in [0.25, 0.3) is 0 Å². The molecule has 27 heavy (non-hydrogen) atoms. The zero-order valence-corrected chi connectivity index (χ0v) is 16.3. The van der Waals surface area contributed by atoms with Crippen molar-refractivity contribution >= 4 is 11.6 Å². The minimum absolute atomic E-state index is 0.277. The van der Waals surface area contributed by atoms with Gasteiger partial charge in [0.15, 0.2) is 5.96 Å². The zero-order valence-electron chi connectivity index (χ0n) is 16.3. The van der Waals surface area contributed by atoms with Crippen LogP contribution in [-0.2, 0) is 20.8 Å². The van der Waals surface area contributed by atoms with Gasteiger partial charge in [0.05, 0.1) is 25.9 Å². The summed E-state index contributed by atoms with van der Waals surface area (Å²) in [6.45, 7) is 7.34. The topological polar surface area (TPSA) is 67.4 Å². The second-order valence-corrected chi connectivity index (χ2v) is 6.79. The molecule has 2 aliphatic heterocycles.